The third-order valence-corrected chi connectivity index (χ3v) is 7.37. The van der Waals surface area contributed by atoms with E-state index in [2.05, 4.69) is 0 Å². The molecule has 0 saturated carbocycles. The first-order valence-corrected chi connectivity index (χ1v) is 13.3. The lowest BCUT2D eigenvalue weighted by molar-refractivity contribution is -0.395. The summed E-state index contributed by atoms with van der Waals surface area (Å²) in [4.78, 5) is 11.1. The number of aliphatic hydroxyl groups is 13. The number of hydrogen-bond acceptors (Lipinski definition) is 20. The van der Waals surface area contributed by atoms with Crippen molar-refractivity contribution < 1.29 is 99.6 Å². The molecule has 0 aromatic rings. The highest BCUT2D eigenvalue weighted by atomic mass is 16.8. The van der Waals surface area contributed by atoms with E-state index < -0.39 is 137 Å². The normalized spacial score (nSPS) is 45.2. The molecular formula is C23H40O20. The molecule has 0 aliphatic carbocycles. The van der Waals surface area contributed by atoms with Crippen LogP contribution in [0, 0.1) is 0 Å². The zero-order chi connectivity index (χ0) is 32.2. The molecule has 0 aromatic carbocycles. The molecule has 0 amide bonds. The molecule has 43 heavy (non-hydrogen) atoms. The Morgan fingerprint density at radius 3 is 1.84 bits per heavy atom. The van der Waals surface area contributed by atoms with Crippen molar-refractivity contribution in [3.63, 3.8) is 0 Å². The van der Waals surface area contributed by atoms with E-state index in [9.17, 15) is 71.2 Å². The van der Waals surface area contributed by atoms with Crippen molar-refractivity contribution >= 4 is 6.29 Å². The molecule has 0 radical (unpaired) electrons. The van der Waals surface area contributed by atoms with E-state index in [1.165, 1.54) is 0 Å². The second-order valence-electron chi connectivity index (χ2n) is 10.3. The molecule has 18 atom stereocenters. The Morgan fingerprint density at radius 2 is 1.26 bits per heavy atom. The van der Waals surface area contributed by atoms with Crippen LogP contribution in [-0.4, -0.2) is 210 Å². The third kappa shape index (κ3) is 8.01. The summed E-state index contributed by atoms with van der Waals surface area (Å²) in [6.07, 6.45) is -34.2. The van der Waals surface area contributed by atoms with Crippen molar-refractivity contribution in [2.24, 2.45) is 0 Å². The fourth-order valence-electron chi connectivity index (χ4n) is 4.77. The van der Waals surface area contributed by atoms with Crippen LogP contribution in [0.2, 0.25) is 0 Å². The van der Waals surface area contributed by atoms with Gasteiger partial charge in [0.15, 0.2) is 25.2 Å². The maximum absolute atomic E-state index is 11.1. The van der Waals surface area contributed by atoms with Gasteiger partial charge >= 0.3 is 0 Å². The average molecular weight is 637 g/mol. The monoisotopic (exact) mass is 636 g/mol. The predicted octanol–water partition coefficient (Wildman–Crippen LogP) is -9.27. The molecule has 0 unspecified atom stereocenters. The zero-order valence-electron chi connectivity index (χ0n) is 22.5. The van der Waals surface area contributed by atoms with Crippen molar-refractivity contribution in [1.82, 2.24) is 0 Å². The first-order chi connectivity index (χ1) is 20.3. The largest absolute Gasteiger partial charge is 0.394 e. The minimum absolute atomic E-state index is 0.109. The van der Waals surface area contributed by atoms with Gasteiger partial charge in [-0.1, -0.05) is 0 Å². The average Bonchev–Trinajstić information content (AvgIpc) is 3.01. The molecule has 3 heterocycles. The van der Waals surface area contributed by atoms with Gasteiger partial charge in [0.1, 0.15) is 91.6 Å². The van der Waals surface area contributed by atoms with Gasteiger partial charge in [0.05, 0.1) is 26.4 Å². The highest BCUT2D eigenvalue weighted by molar-refractivity contribution is 5.56. The van der Waals surface area contributed by atoms with E-state index >= 15 is 0 Å². The van der Waals surface area contributed by atoms with Crippen molar-refractivity contribution in [1.29, 1.82) is 0 Å². The molecule has 3 aliphatic rings. The molecule has 3 saturated heterocycles. The van der Waals surface area contributed by atoms with Crippen LogP contribution in [0.5, 0.6) is 0 Å². The topological polar surface area (TPSA) is 335 Å². The molecule has 3 rings (SSSR count). The van der Waals surface area contributed by atoms with Crippen LogP contribution in [0.3, 0.4) is 0 Å². The van der Waals surface area contributed by atoms with E-state index in [0.717, 1.165) is 0 Å². The van der Waals surface area contributed by atoms with Gasteiger partial charge in [-0.3, -0.25) is 0 Å². The number of carbonyl (C=O) groups excluding carboxylic acids is 1. The fourth-order valence-corrected chi connectivity index (χ4v) is 4.77. The summed E-state index contributed by atoms with van der Waals surface area (Å²) >= 11 is 0. The second kappa shape index (κ2) is 16.0. The van der Waals surface area contributed by atoms with Crippen molar-refractivity contribution in [3.05, 3.63) is 0 Å². The van der Waals surface area contributed by atoms with Gasteiger partial charge in [0.2, 0.25) is 0 Å². The number of rotatable bonds is 13. The van der Waals surface area contributed by atoms with Crippen LogP contribution in [0.4, 0.5) is 0 Å². The fraction of sp³-hybridized carbons (Fsp3) is 0.957. The number of hydrogen-bond donors (Lipinski definition) is 13. The zero-order valence-corrected chi connectivity index (χ0v) is 22.5. The molecule has 0 bridgehead atoms. The quantitative estimate of drug-likeness (QED) is 0.0834. The highest BCUT2D eigenvalue weighted by Gasteiger charge is 2.54. The first-order valence-electron chi connectivity index (χ1n) is 13.3. The van der Waals surface area contributed by atoms with E-state index in [-0.39, 0.29) is 6.29 Å². The van der Waals surface area contributed by atoms with Crippen LogP contribution in [0.1, 0.15) is 0 Å². The maximum atomic E-state index is 11.1. The van der Waals surface area contributed by atoms with Crippen LogP contribution in [-0.2, 0) is 33.2 Å². The molecule has 20 nitrogen and oxygen atoms in total. The number of aliphatic hydroxyl groups excluding tert-OH is 13. The molecule has 0 spiro atoms. The standard InChI is InChI=1S/C23H40O20/c24-1-6(28)12(32)18(7(29)2-25)41-23-20(43-22-17(37)15(35)13(33)9(3-26)39-22)19(14(34)10(4-27)40-23)42-21-16(36)11(31)8(30)5-38-21/h1,6-23,25-37H,2-5H2/t6-,7+,8+,9+,10+,11-,12+,13+,14+,15-,16+,17+,18-,19-,20+,21-,22-,23-/m0/s1. The molecule has 3 fully saturated rings. The summed E-state index contributed by atoms with van der Waals surface area (Å²) in [7, 11) is 0. The van der Waals surface area contributed by atoms with Gasteiger partial charge < -0.3 is 99.6 Å². The van der Waals surface area contributed by atoms with Gasteiger partial charge in [-0.2, -0.15) is 0 Å². The Kier molecular flexibility index (Phi) is 13.5. The molecule has 0 aromatic heterocycles. The minimum atomic E-state index is -2.21. The Bertz CT molecular complexity index is 852. The number of ether oxygens (including phenoxy) is 6. The summed E-state index contributed by atoms with van der Waals surface area (Å²) in [6.45, 7) is -3.46. The third-order valence-electron chi connectivity index (χ3n) is 7.37. The van der Waals surface area contributed by atoms with Crippen LogP contribution in [0.25, 0.3) is 0 Å². The molecule has 252 valence electrons. The Labute approximate surface area is 243 Å². The predicted molar refractivity (Wildman–Crippen MR) is 129 cm³/mol. The van der Waals surface area contributed by atoms with Gasteiger partial charge in [-0.15, -0.1) is 0 Å². The summed E-state index contributed by atoms with van der Waals surface area (Å²) in [5, 5.41) is 132. The highest BCUT2D eigenvalue weighted by Crippen LogP contribution is 2.34. The lowest BCUT2D eigenvalue weighted by atomic mass is 9.96. The van der Waals surface area contributed by atoms with Crippen molar-refractivity contribution in [2.45, 2.75) is 110 Å². The SMILES string of the molecule is O=C[C@H](O)[C@@H](O)[C@@H](O[C@@H]1O[C@H](CO)[C@@H](O)[C@H](O[C@@H]2OC[C@@H](O)[C@H](O)[C@H]2O)[C@H]1O[C@@H]1O[C@H](CO)[C@@H](O)[C@H](O)[C@H]1O)[C@H](O)CO. The van der Waals surface area contributed by atoms with Crippen LogP contribution >= 0.6 is 0 Å². The van der Waals surface area contributed by atoms with Crippen LogP contribution < -0.4 is 0 Å². The Morgan fingerprint density at radius 1 is 0.698 bits per heavy atom. The Balaban J connectivity index is 2.01. The van der Waals surface area contributed by atoms with Gasteiger partial charge in [-0.25, -0.2) is 0 Å². The molecular weight excluding hydrogens is 596 g/mol. The van der Waals surface area contributed by atoms with Gasteiger partial charge in [-0.05, 0) is 0 Å². The van der Waals surface area contributed by atoms with Crippen molar-refractivity contribution in [3.8, 4) is 0 Å². The van der Waals surface area contributed by atoms with Crippen LogP contribution in [0.15, 0.2) is 0 Å². The lowest BCUT2D eigenvalue weighted by Gasteiger charge is -2.49. The summed E-state index contributed by atoms with van der Waals surface area (Å²) in [6, 6.07) is 0. The minimum Gasteiger partial charge on any atom is -0.394 e. The van der Waals surface area contributed by atoms with Gasteiger partial charge in [0.25, 0.3) is 0 Å². The number of aldehydes is 1. The molecule has 20 heteroatoms. The van der Waals surface area contributed by atoms with E-state index in [1.54, 1.807) is 0 Å². The van der Waals surface area contributed by atoms with Crippen molar-refractivity contribution in [2.75, 3.05) is 26.4 Å². The van der Waals surface area contributed by atoms with E-state index in [0.29, 0.717) is 0 Å². The smallest absolute Gasteiger partial charge is 0.187 e. The molecule has 13 N–H and O–H groups in total. The summed E-state index contributed by atoms with van der Waals surface area (Å²) in [5.41, 5.74) is 0. The van der Waals surface area contributed by atoms with E-state index in [4.69, 9.17) is 28.4 Å². The summed E-state index contributed by atoms with van der Waals surface area (Å²) in [5.74, 6) is 0. The van der Waals surface area contributed by atoms with Gasteiger partial charge in [0, 0.05) is 0 Å². The lowest BCUT2D eigenvalue weighted by Crippen LogP contribution is -2.67. The Hall–Kier alpha value is -1.09. The summed E-state index contributed by atoms with van der Waals surface area (Å²) < 4.78 is 33.0. The maximum Gasteiger partial charge on any atom is 0.187 e. The number of carbonyl (C=O) groups is 1. The first kappa shape index (κ1) is 36.4. The second-order valence-corrected chi connectivity index (χ2v) is 10.3. The molecule has 3 aliphatic heterocycles. The van der Waals surface area contributed by atoms with E-state index in [1.807, 2.05) is 0 Å².